The average molecular weight is 250 g/mol. The molecular formula is C14H22N2O2. The highest BCUT2D eigenvalue weighted by molar-refractivity contribution is 5.77. The molecule has 18 heavy (non-hydrogen) atoms. The molecule has 1 aromatic rings. The van der Waals surface area contributed by atoms with Gasteiger partial charge in [0, 0.05) is 12.6 Å². The molecule has 0 aliphatic heterocycles. The van der Waals surface area contributed by atoms with Crippen LogP contribution in [-0.2, 0) is 17.9 Å². The number of rotatable bonds is 7. The van der Waals surface area contributed by atoms with Crippen molar-refractivity contribution in [3.05, 3.63) is 35.4 Å². The van der Waals surface area contributed by atoms with E-state index in [4.69, 9.17) is 5.11 Å². The minimum atomic E-state index is 0.00142. The monoisotopic (exact) mass is 250 g/mol. The first-order chi connectivity index (χ1) is 8.65. The van der Waals surface area contributed by atoms with Crippen LogP contribution in [0.4, 0.5) is 0 Å². The second-order valence-corrected chi connectivity index (χ2v) is 4.44. The van der Waals surface area contributed by atoms with E-state index >= 15 is 0 Å². The van der Waals surface area contributed by atoms with Gasteiger partial charge in [0.25, 0.3) is 0 Å². The largest absolute Gasteiger partial charge is 0.392 e. The zero-order valence-corrected chi connectivity index (χ0v) is 11.1. The highest BCUT2D eigenvalue weighted by Crippen LogP contribution is 2.03. The van der Waals surface area contributed by atoms with Crippen LogP contribution in [0.25, 0.3) is 0 Å². The third-order valence-electron chi connectivity index (χ3n) is 2.92. The fourth-order valence-electron chi connectivity index (χ4n) is 1.44. The van der Waals surface area contributed by atoms with Crippen LogP contribution in [0, 0.1) is 0 Å². The molecule has 0 saturated heterocycles. The Balaban J connectivity index is 2.29. The fraction of sp³-hybridized carbons (Fsp3) is 0.500. The Kier molecular flexibility index (Phi) is 6.39. The van der Waals surface area contributed by atoms with E-state index < -0.39 is 0 Å². The molecule has 3 N–H and O–H groups in total. The normalized spacial score (nSPS) is 12.2. The highest BCUT2D eigenvalue weighted by atomic mass is 16.3. The average Bonchev–Trinajstić information content (AvgIpc) is 2.42. The molecule has 4 nitrogen and oxygen atoms in total. The predicted octanol–water partition coefficient (Wildman–Crippen LogP) is 1.18. The Labute approximate surface area is 108 Å². The zero-order valence-electron chi connectivity index (χ0n) is 11.1. The van der Waals surface area contributed by atoms with Gasteiger partial charge in [0.05, 0.1) is 13.2 Å². The van der Waals surface area contributed by atoms with Gasteiger partial charge < -0.3 is 15.7 Å². The van der Waals surface area contributed by atoms with E-state index in [1.165, 1.54) is 0 Å². The fourth-order valence-corrected chi connectivity index (χ4v) is 1.44. The Bertz CT molecular complexity index is 363. The molecule has 0 spiro atoms. The lowest BCUT2D eigenvalue weighted by atomic mass is 10.1. The number of hydrogen-bond acceptors (Lipinski definition) is 3. The van der Waals surface area contributed by atoms with Crippen molar-refractivity contribution in [2.45, 2.75) is 39.5 Å². The molecule has 0 saturated carbocycles. The van der Waals surface area contributed by atoms with Gasteiger partial charge in [0.15, 0.2) is 0 Å². The van der Waals surface area contributed by atoms with E-state index in [9.17, 15) is 4.79 Å². The topological polar surface area (TPSA) is 61.4 Å². The van der Waals surface area contributed by atoms with E-state index in [0.717, 1.165) is 17.5 Å². The lowest BCUT2D eigenvalue weighted by Gasteiger charge is -2.11. The number of amides is 1. The molecule has 4 heteroatoms. The van der Waals surface area contributed by atoms with Crippen molar-refractivity contribution in [3.63, 3.8) is 0 Å². The Morgan fingerprint density at radius 3 is 2.44 bits per heavy atom. The van der Waals surface area contributed by atoms with Crippen LogP contribution in [0.5, 0.6) is 0 Å². The Morgan fingerprint density at radius 1 is 1.28 bits per heavy atom. The van der Waals surface area contributed by atoms with Crippen LogP contribution < -0.4 is 10.6 Å². The smallest absolute Gasteiger partial charge is 0.234 e. The van der Waals surface area contributed by atoms with Gasteiger partial charge in [-0.25, -0.2) is 0 Å². The molecule has 0 radical (unpaired) electrons. The number of aliphatic hydroxyl groups excluding tert-OH is 1. The Hall–Kier alpha value is -1.39. The van der Waals surface area contributed by atoms with Crippen molar-refractivity contribution in [2.24, 2.45) is 0 Å². The summed E-state index contributed by atoms with van der Waals surface area (Å²) in [5.41, 5.74) is 1.91. The third-order valence-corrected chi connectivity index (χ3v) is 2.92. The van der Waals surface area contributed by atoms with Crippen molar-refractivity contribution in [1.82, 2.24) is 10.6 Å². The van der Waals surface area contributed by atoms with Crippen molar-refractivity contribution < 1.29 is 9.90 Å². The maximum Gasteiger partial charge on any atom is 0.234 e. The molecule has 1 aromatic carbocycles. The molecule has 1 unspecified atom stereocenters. The summed E-state index contributed by atoms with van der Waals surface area (Å²) in [6.07, 6.45) is 1.01. The summed E-state index contributed by atoms with van der Waals surface area (Å²) in [4.78, 5) is 11.5. The van der Waals surface area contributed by atoms with E-state index in [2.05, 4.69) is 24.5 Å². The summed E-state index contributed by atoms with van der Waals surface area (Å²) in [6, 6.07) is 7.90. The van der Waals surface area contributed by atoms with Crippen LogP contribution in [0.3, 0.4) is 0 Å². The van der Waals surface area contributed by atoms with Crippen LogP contribution in [0.2, 0.25) is 0 Å². The summed E-state index contributed by atoms with van der Waals surface area (Å²) in [5, 5.41) is 14.9. The van der Waals surface area contributed by atoms with Crippen LogP contribution in [0.1, 0.15) is 31.4 Å². The van der Waals surface area contributed by atoms with Gasteiger partial charge in [-0.15, -0.1) is 0 Å². The molecule has 1 rings (SSSR count). The predicted molar refractivity (Wildman–Crippen MR) is 72.0 cm³/mol. The van der Waals surface area contributed by atoms with Gasteiger partial charge in [0.2, 0.25) is 5.91 Å². The van der Waals surface area contributed by atoms with Gasteiger partial charge in [0.1, 0.15) is 0 Å². The first kappa shape index (κ1) is 14.7. The number of carbonyl (C=O) groups excluding carboxylic acids is 1. The molecule has 100 valence electrons. The molecule has 0 fully saturated rings. The van der Waals surface area contributed by atoms with Crippen molar-refractivity contribution >= 4 is 5.91 Å². The van der Waals surface area contributed by atoms with Gasteiger partial charge in [-0.2, -0.15) is 0 Å². The standard InChI is InChI=1S/C14H22N2O2/c1-3-11(2)15-9-14(18)16-8-12-4-6-13(10-17)7-5-12/h4-7,11,15,17H,3,8-10H2,1-2H3,(H,16,18). The number of aliphatic hydroxyl groups is 1. The van der Waals surface area contributed by atoms with Gasteiger partial charge >= 0.3 is 0 Å². The Morgan fingerprint density at radius 2 is 1.89 bits per heavy atom. The van der Waals surface area contributed by atoms with Crippen LogP contribution in [0.15, 0.2) is 24.3 Å². The molecule has 1 atom stereocenters. The van der Waals surface area contributed by atoms with E-state index in [0.29, 0.717) is 19.1 Å². The lowest BCUT2D eigenvalue weighted by molar-refractivity contribution is -0.120. The number of benzene rings is 1. The highest BCUT2D eigenvalue weighted by Gasteiger charge is 2.03. The van der Waals surface area contributed by atoms with Crippen molar-refractivity contribution in [2.75, 3.05) is 6.54 Å². The summed E-state index contributed by atoms with van der Waals surface area (Å²) in [6.45, 7) is 5.06. The summed E-state index contributed by atoms with van der Waals surface area (Å²) >= 11 is 0. The minimum absolute atomic E-state index is 0.00142. The zero-order chi connectivity index (χ0) is 13.4. The second kappa shape index (κ2) is 7.84. The first-order valence-electron chi connectivity index (χ1n) is 6.34. The molecule has 0 heterocycles. The van der Waals surface area contributed by atoms with E-state index in [1.54, 1.807) is 0 Å². The third kappa shape index (κ3) is 5.29. The molecule has 0 aliphatic rings. The summed E-state index contributed by atoms with van der Waals surface area (Å²) < 4.78 is 0. The number of hydrogen-bond donors (Lipinski definition) is 3. The van der Waals surface area contributed by atoms with Crippen molar-refractivity contribution in [3.8, 4) is 0 Å². The minimum Gasteiger partial charge on any atom is -0.392 e. The summed E-state index contributed by atoms with van der Waals surface area (Å²) in [5.74, 6) is 0.00142. The summed E-state index contributed by atoms with van der Waals surface area (Å²) in [7, 11) is 0. The van der Waals surface area contributed by atoms with Gasteiger partial charge in [-0.05, 0) is 24.5 Å². The maximum atomic E-state index is 11.5. The molecule has 1 amide bonds. The van der Waals surface area contributed by atoms with Crippen LogP contribution >= 0.6 is 0 Å². The van der Waals surface area contributed by atoms with Crippen molar-refractivity contribution in [1.29, 1.82) is 0 Å². The second-order valence-electron chi connectivity index (χ2n) is 4.44. The van der Waals surface area contributed by atoms with Gasteiger partial charge in [-0.3, -0.25) is 4.79 Å². The number of nitrogens with one attached hydrogen (secondary N) is 2. The molecular weight excluding hydrogens is 228 g/mol. The molecule has 0 aliphatic carbocycles. The van der Waals surface area contributed by atoms with E-state index in [1.807, 2.05) is 24.3 Å². The van der Waals surface area contributed by atoms with Gasteiger partial charge in [-0.1, -0.05) is 31.2 Å². The SMILES string of the molecule is CCC(C)NCC(=O)NCc1ccc(CO)cc1. The number of carbonyl (C=O) groups is 1. The molecule has 0 bridgehead atoms. The molecule has 0 aromatic heterocycles. The quantitative estimate of drug-likeness (QED) is 0.681. The lowest BCUT2D eigenvalue weighted by Crippen LogP contribution is -2.37. The maximum absolute atomic E-state index is 11.5. The first-order valence-corrected chi connectivity index (χ1v) is 6.34. The van der Waals surface area contributed by atoms with Crippen LogP contribution in [-0.4, -0.2) is 23.6 Å². The van der Waals surface area contributed by atoms with E-state index in [-0.39, 0.29) is 12.5 Å².